The van der Waals surface area contributed by atoms with Gasteiger partial charge >= 0.3 is 0 Å². The Morgan fingerprint density at radius 3 is 2.42 bits per heavy atom. The third-order valence-electron chi connectivity index (χ3n) is 3.18. The molecule has 1 aromatic heterocycles. The zero-order valence-electron chi connectivity index (χ0n) is 11.6. The van der Waals surface area contributed by atoms with E-state index in [9.17, 15) is 0 Å². The molecule has 2 nitrogen and oxygen atoms in total. The summed E-state index contributed by atoms with van der Waals surface area (Å²) >= 11 is 6.04. The van der Waals surface area contributed by atoms with Gasteiger partial charge in [0, 0.05) is 22.5 Å². The molecule has 0 aliphatic rings. The lowest BCUT2D eigenvalue weighted by Gasteiger charge is -2.18. The molecule has 0 fully saturated rings. The van der Waals surface area contributed by atoms with E-state index >= 15 is 0 Å². The van der Waals surface area contributed by atoms with Crippen LogP contribution in [0.15, 0.2) is 36.4 Å². The lowest BCUT2D eigenvalue weighted by atomic mass is 9.98. The van der Waals surface area contributed by atoms with Gasteiger partial charge in [-0.2, -0.15) is 0 Å². The van der Waals surface area contributed by atoms with Gasteiger partial charge < -0.3 is 5.32 Å². The van der Waals surface area contributed by atoms with E-state index in [1.54, 1.807) is 0 Å². The van der Waals surface area contributed by atoms with Crippen LogP contribution in [0.2, 0.25) is 5.02 Å². The van der Waals surface area contributed by atoms with Crippen LogP contribution in [0.1, 0.15) is 28.6 Å². The molecule has 0 saturated carbocycles. The molecule has 1 atom stereocenters. The van der Waals surface area contributed by atoms with Crippen LogP contribution >= 0.6 is 11.6 Å². The van der Waals surface area contributed by atoms with Gasteiger partial charge in [-0.25, -0.2) is 0 Å². The van der Waals surface area contributed by atoms with E-state index in [1.165, 1.54) is 11.1 Å². The molecule has 0 amide bonds. The fourth-order valence-electron chi connectivity index (χ4n) is 2.35. The van der Waals surface area contributed by atoms with Crippen LogP contribution < -0.4 is 5.32 Å². The zero-order valence-corrected chi connectivity index (χ0v) is 12.3. The van der Waals surface area contributed by atoms with Crippen molar-refractivity contribution in [3.05, 3.63) is 63.9 Å². The molecule has 19 heavy (non-hydrogen) atoms. The first-order valence-corrected chi connectivity index (χ1v) is 6.83. The Kier molecular flexibility index (Phi) is 4.56. The number of halogens is 1. The van der Waals surface area contributed by atoms with Crippen LogP contribution in [-0.4, -0.2) is 12.0 Å². The Balaban J connectivity index is 2.24. The molecule has 1 aromatic carbocycles. The standard InChI is InChI=1S/C16H19ClN2/c1-11-7-14(8-12(2)19-11)16(18-3)10-13-5-4-6-15(17)9-13/h4-9,16,18H,10H2,1-3H3. The van der Waals surface area contributed by atoms with Crippen LogP contribution in [-0.2, 0) is 6.42 Å². The minimum absolute atomic E-state index is 0.277. The van der Waals surface area contributed by atoms with E-state index in [2.05, 4.69) is 28.5 Å². The van der Waals surface area contributed by atoms with Crippen molar-refractivity contribution in [2.24, 2.45) is 0 Å². The van der Waals surface area contributed by atoms with Crippen molar-refractivity contribution in [3.8, 4) is 0 Å². The largest absolute Gasteiger partial charge is 0.313 e. The Labute approximate surface area is 119 Å². The summed E-state index contributed by atoms with van der Waals surface area (Å²) in [4.78, 5) is 4.42. The van der Waals surface area contributed by atoms with Crippen molar-refractivity contribution in [1.82, 2.24) is 10.3 Å². The first-order valence-electron chi connectivity index (χ1n) is 6.45. The highest BCUT2D eigenvalue weighted by Gasteiger charge is 2.11. The number of benzene rings is 1. The molecule has 1 N–H and O–H groups in total. The second-order valence-electron chi connectivity index (χ2n) is 4.86. The Morgan fingerprint density at radius 2 is 1.84 bits per heavy atom. The van der Waals surface area contributed by atoms with Crippen molar-refractivity contribution in [3.63, 3.8) is 0 Å². The van der Waals surface area contributed by atoms with Crippen molar-refractivity contribution >= 4 is 11.6 Å². The molecule has 100 valence electrons. The first-order chi connectivity index (χ1) is 9.08. The highest BCUT2D eigenvalue weighted by atomic mass is 35.5. The second-order valence-corrected chi connectivity index (χ2v) is 5.29. The summed E-state index contributed by atoms with van der Waals surface area (Å²) in [5.41, 5.74) is 4.62. The van der Waals surface area contributed by atoms with Gasteiger partial charge in [0.05, 0.1) is 0 Å². The average molecular weight is 275 g/mol. The van der Waals surface area contributed by atoms with E-state index in [4.69, 9.17) is 11.6 Å². The van der Waals surface area contributed by atoms with Gasteiger partial charge in [0.15, 0.2) is 0 Å². The molecule has 0 radical (unpaired) electrons. The monoisotopic (exact) mass is 274 g/mol. The van der Waals surface area contributed by atoms with Gasteiger partial charge in [-0.05, 0) is 62.7 Å². The van der Waals surface area contributed by atoms with E-state index in [-0.39, 0.29) is 6.04 Å². The Bertz CT molecular complexity index is 546. The summed E-state index contributed by atoms with van der Waals surface area (Å²) < 4.78 is 0. The summed E-state index contributed by atoms with van der Waals surface area (Å²) in [6.07, 6.45) is 0.917. The van der Waals surface area contributed by atoms with Crippen molar-refractivity contribution in [2.75, 3.05) is 7.05 Å². The number of likely N-dealkylation sites (N-methyl/N-ethyl adjacent to an activating group) is 1. The molecule has 1 unspecified atom stereocenters. The van der Waals surface area contributed by atoms with Crippen LogP contribution in [0.4, 0.5) is 0 Å². The summed E-state index contributed by atoms with van der Waals surface area (Å²) in [5, 5.41) is 4.16. The highest BCUT2D eigenvalue weighted by Crippen LogP contribution is 2.21. The molecular formula is C16H19ClN2. The summed E-state index contributed by atoms with van der Waals surface area (Å²) in [6.45, 7) is 4.06. The maximum atomic E-state index is 6.04. The van der Waals surface area contributed by atoms with Gasteiger partial charge in [-0.15, -0.1) is 0 Å². The summed E-state index contributed by atoms with van der Waals surface area (Å²) in [5.74, 6) is 0. The maximum absolute atomic E-state index is 6.04. The van der Waals surface area contributed by atoms with E-state index in [1.807, 2.05) is 39.1 Å². The molecule has 3 heteroatoms. The maximum Gasteiger partial charge on any atom is 0.0408 e. The molecule has 0 aliphatic carbocycles. The van der Waals surface area contributed by atoms with Crippen LogP contribution in [0.3, 0.4) is 0 Å². The average Bonchev–Trinajstić information content (AvgIpc) is 2.34. The normalized spacial score (nSPS) is 12.4. The zero-order chi connectivity index (χ0) is 13.8. The number of nitrogens with one attached hydrogen (secondary N) is 1. The molecule has 0 spiro atoms. The van der Waals surface area contributed by atoms with Crippen LogP contribution in [0.25, 0.3) is 0 Å². The Morgan fingerprint density at radius 1 is 1.16 bits per heavy atom. The summed E-state index contributed by atoms with van der Waals surface area (Å²) in [7, 11) is 1.99. The van der Waals surface area contributed by atoms with Gasteiger partial charge in [-0.1, -0.05) is 23.7 Å². The smallest absolute Gasteiger partial charge is 0.0408 e. The SMILES string of the molecule is CNC(Cc1cccc(Cl)c1)c1cc(C)nc(C)c1. The third-order valence-corrected chi connectivity index (χ3v) is 3.42. The number of hydrogen-bond donors (Lipinski definition) is 1. The van der Waals surface area contributed by atoms with Crippen LogP contribution in [0.5, 0.6) is 0 Å². The highest BCUT2D eigenvalue weighted by molar-refractivity contribution is 6.30. The predicted molar refractivity (Wildman–Crippen MR) is 80.7 cm³/mol. The van der Waals surface area contributed by atoms with Gasteiger partial charge in [0.2, 0.25) is 0 Å². The number of aryl methyl sites for hydroxylation is 2. The lowest BCUT2D eigenvalue weighted by Crippen LogP contribution is -2.19. The van der Waals surface area contributed by atoms with Crippen molar-refractivity contribution in [2.45, 2.75) is 26.3 Å². The lowest BCUT2D eigenvalue weighted by molar-refractivity contribution is 0.590. The number of pyridine rings is 1. The second kappa shape index (κ2) is 6.18. The minimum Gasteiger partial charge on any atom is -0.313 e. The van der Waals surface area contributed by atoms with Crippen molar-refractivity contribution in [1.29, 1.82) is 0 Å². The summed E-state index contributed by atoms with van der Waals surface area (Å²) in [6, 6.07) is 12.6. The van der Waals surface area contributed by atoms with Crippen LogP contribution in [0, 0.1) is 13.8 Å². The molecule has 0 aliphatic heterocycles. The van der Waals surface area contributed by atoms with Gasteiger partial charge in [0.25, 0.3) is 0 Å². The third kappa shape index (κ3) is 3.79. The first kappa shape index (κ1) is 14.0. The molecule has 0 saturated heterocycles. The molecule has 2 rings (SSSR count). The van der Waals surface area contributed by atoms with Gasteiger partial charge in [0.1, 0.15) is 0 Å². The number of rotatable bonds is 4. The van der Waals surface area contributed by atoms with E-state index < -0.39 is 0 Å². The molecule has 2 aromatic rings. The number of nitrogens with zero attached hydrogens (tertiary/aromatic N) is 1. The molecule has 1 heterocycles. The number of aromatic nitrogens is 1. The van der Waals surface area contributed by atoms with E-state index in [0.717, 1.165) is 22.8 Å². The topological polar surface area (TPSA) is 24.9 Å². The van der Waals surface area contributed by atoms with Crippen molar-refractivity contribution < 1.29 is 0 Å². The van der Waals surface area contributed by atoms with Gasteiger partial charge in [-0.3, -0.25) is 4.98 Å². The number of hydrogen-bond acceptors (Lipinski definition) is 2. The Hall–Kier alpha value is -1.38. The molecular weight excluding hydrogens is 256 g/mol. The predicted octanol–water partition coefficient (Wildman–Crippen LogP) is 3.86. The fraction of sp³-hybridized carbons (Fsp3) is 0.312. The van der Waals surface area contributed by atoms with E-state index in [0.29, 0.717) is 0 Å². The molecule has 0 bridgehead atoms. The quantitative estimate of drug-likeness (QED) is 0.916. The minimum atomic E-state index is 0.277. The fourth-order valence-corrected chi connectivity index (χ4v) is 2.57.